The van der Waals surface area contributed by atoms with Crippen molar-refractivity contribution in [3.63, 3.8) is 0 Å². The first kappa shape index (κ1) is 9.28. The first-order chi connectivity index (χ1) is 5.65. The number of carbonyl (C=O) groups is 1. The maximum atomic E-state index is 10.3. The van der Waals surface area contributed by atoms with Crippen molar-refractivity contribution < 1.29 is 20.1 Å². The molecule has 2 N–H and O–H groups in total. The molecule has 1 aliphatic heterocycles. The number of aliphatic hydroxyl groups is 2. The third kappa shape index (κ3) is 1.86. The van der Waals surface area contributed by atoms with Crippen LogP contribution in [0.5, 0.6) is 0 Å². The van der Waals surface area contributed by atoms with Crippen molar-refractivity contribution in [2.75, 3.05) is 19.7 Å². The van der Waals surface area contributed by atoms with Gasteiger partial charge in [0.2, 0.25) is 0 Å². The first-order valence-electron chi connectivity index (χ1n) is 3.90. The molecule has 0 spiro atoms. The first-order valence-corrected chi connectivity index (χ1v) is 3.90. The highest BCUT2D eigenvalue weighted by atomic mass is 16.4. The van der Waals surface area contributed by atoms with E-state index >= 15 is 0 Å². The van der Waals surface area contributed by atoms with Crippen LogP contribution in [-0.4, -0.2) is 47.0 Å². The Labute approximate surface area is 70.2 Å². The second-order valence-corrected chi connectivity index (χ2v) is 3.01. The molecular weight excluding hydrogens is 162 g/mol. The van der Waals surface area contributed by atoms with Gasteiger partial charge in [-0.3, -0.25) is 0 Å². The molecule has 1 amide bonds. The Morgan fingerprint density at radius 3 is 2.75 bits per heavy atom. The number of aliphatic hydroxyl groups excluding tert-OH is 2. The fourth-order valence-electron chi connectivity index (χ4n) is 1.36. The lowest BCUT2D eigenvalue weighted by molar-refractivity contribution is -0.268. The Morgan fingerprint density at radius 2 is 2.33 bits per heavy atom. The largest absolute Gasteiger partial charge is 0.530 e. The molecule has 1 saturated heterocycles. The number of amides is 1. The van der Waals surface area contributed by atoms with Crippen LogP contribution in [0.15, 0.2) is 0 Å². The van der Waals surface area contributed by atoms with E-state index in [2.05, 4.69) is 0 Å². The summed E-state index contributed by atoms with van der Waals surface area (Å²) in [4.78, 5) is 11.4. The predicted octanol–water partition coefficient (Wildman–Crippen LogP) is -2.00. The Morgan fingerprint density at radius 1 is 1.67 bits per heavy atom. The van der Waals surface area contributed by atoms with Crippen LogP contribution >= 0.6 is 0 Å². The quantitative estimate of drug-likeness (QED) is 0.482. The maximum absolute atomic E-state index is 10.3. The van der Waals surface area contributed by atoms with E-state index in [4.69, 9.17) is 5.11 Å². The van der Waals surface area contributed by atoms with Gasteiger partial charge in [0.05, 0.1) is 6.10 Å². The van der Waals surface area contributed by atoms with E-state index in [1.54, 1.807) is 0 Å². The normalized spacial score (nSPS) is 30.3. The molecule has 5 nitrogen and oxygen atoms in total. The average molecular weight is 174 g/mol. The Balaban J connectivity index is 2.46. The number of β-amino-alcohol motifs (C(OH)–C–C–N with tert-alkyl or cyclic N) is 1. The summed E-state index contributed by atoms with van der Waals surface area (Å²) in [6.45, 7) is 0.292. The van der Waals surface area contributed by atoms with Crippen LogP contribution < -0.4 is 5.11 Å². The highest BCUT2D eigenvalue weighted by Gasteiger charge is 2.26. The van der Waals surface area contributed by atoms with Crippen LogP contribution in [0.1, 0.15) is 6.42 Å². The van der Waals surface area contributed by atoms with Crippen LogP contribution in [-0.2, 0) is 0 Å². The molecule has 2 unspecified atom stereocenters. The van der Waals surface area contributed by atoms with Crippen LogP contribution in [0.3, 0.4) is 0 Å². The zero-order valence-electron chi connectivity index (χ0n) is 6.64. The number of hydrogen-bond donors (Lipinski definition) is 2. The Bertz CT molecular complexity index is 173. The van der Waals surface area contributed by atoms with Gasteiger partial charge in [-0.1, -0.05) is 0 Å². The number of piperidine rings is 1. The summed E-state index contributed by atoms with van der Waals surface area (Å²) in [5.41, 5.74) is 0. The number of likely N-dealkylation sites (tertiary alicyclic amines) is 1. The molecule has 1 aliphatic rings. The summed E-state index contributed by atoms with van der Waals surface area (Å²) in [7, 11) is 0. The third-order valence-corrected chi connectivity index (χ3v) is 2.21. The molecule has 1 rings (SSSR count). The number of rotatable bonds is 1. The van der Waals surface area contributed by atoms with Gasteiger partial charge in [0.1, 0.15) is 6.09 Å². The standard InChI is InChI=1S/C7H13NO4/c9-4-5-1-2-8(7(11)12)3-6(5)10/h5-6,9-10H,1-4H2,(H,11,12)/p-1. The maximum Gasteiger partial charge on any atom is 0.137 e. The molecule has 70 valence electrons. The molecule has 2 atom stereocenters. The smallest absolute Gasteiger partial charge is 0.137 e. The lowest BCUT2D eigenvalue weighted by atomic mass is 9.95. The van der Waals surface area contributed by atoms with E-state index in [0.29, 0.717) is 13.0 Å². The van der Waals surface area contributed by atoms with E-state index in [1.807, 2.05) is 0 Å². The summed E-state index contributed by atoms with van der Waals surface area (Å²) in [6, 6.07) is 0. The van der Waals surface area contributed by atoms with Gasteiger partial charge in [-0.05, 0) is 6.42 Å². The van der Waals surface area contributed by atoms with Gasteiger partial charge in [0.15, 0.2) is 0 Å². The topological polar surface area (TPSA) is 83.8 Å². The summed E-state index contributed by atoms with van der Waals surface area (Å²) in [5.74, 6) is -0.194. The molecule has 12 heavy (non-hydrogen) atoms. The van der Waals surface area contributed by atoms with Gasteiger partial charge < -0.3 is 25.0 Å². The second-order valence-electron chi connectivity index (χ2n) is 3.01. The number of nitrogens with zero attached hydrogens (tertiary/aromatic N) is 1. The van der Waals surface area contributed by atoms with Crippen molar-refractivity contribution in [1.82, 2.24) is 4.90 Å². The molecule has 5 heteroatoms. The Hall–Kier alpha value is -0.810. The fourth-order valence-corrected chi connectivity index (χ4v) is 1.36. The van der Waals surface area contributed by atoms with Gasteiger partial charge in [-0.25, -0.2) is 0 Å². The van der Waals surface area contributed by atoms with E-state index < -0.39 is 12.2 Å². The zero-order valence-corrected chi connectivity index (χ0v) is 6.64. The molecule has 0 aromatic rings. The Kier molecular flexibility index (Phi) is 2.88. The minimum absolute atomic E-state index is 0.0492. The number of carbonyl (C=O) groups excluding carboxylic acids is 1. The highest BCUT2D eigenvalue weighted by Crippen LogP contribution is 2.16. The monoisotopic (exact) mass is 174 g/mol. The molecule has 1 fully saturated rings. The van der Waals surface area contributed by atoms with Gasteiger partial charge in [-0.15, -0.1) is 0 Å². The summed E-state index contributed by atoms with van der Waals surface area (Å²) in [5, 5.41) is 28.4. The van der Waals surface area contributed by atoms with Gasteiger partial charge in [0, 0.05) is 25.6 Å². The number of carboxylic acid groups (broad SMARTS) is 1. The van der Waals surface area contributed by atoms with Crippen molar-refractivity contribution in [2.24, 2.45) is 5.92 Å². The minimum atomic E-state index is -1.26. The number of hydrogen-bond acceptors (Lipinski definition) is 4. The van der Waals surface area contributed by atoms with Crippen molar-refractivity contribution in [3.8, 4) is 0 Å². The van der Waals surface area contributed by atoms with Crippen LogP contribution in [0.2, 0.25) is 0 Å². The van der Waals surface area contributed by atoms with Gasteiger partial charge in [-0.2, -0.15) is 0 Å². The van der Waals surface area contributed by atoms with Crippen LogP contribution in [0.25, 0.3) is 0 Å². The molecule has 0 radical (unpaired) electrons. The van der Waals surface area contributed by atoms with Crippen LogP contribution in [0, 0.1) is 5.92 Å². The summed E-state index contributed by atoms with van der Waals surface area (Å²) < 4.78 is 0. The lowest BCUT2D eigenvalue weighted by Crippen LogP contribution is -2.51. The van der Waals surface area contributed by atoms with E-state index in [9.17, 15) is 15.0 Å². The molecule has 0 saturated carbocycles. The highest BCUT2D eigenvalue weighted by molar-refractivity contribution is 5.62. The molecule has 0 aromatic carbocycles. The molecule has 0 aromatic heterocycles. The van der Waals surface area contributed by atoms with E-state index in [1.165, 1.54) is 0 Å². The lowest BCUT2D eigenvalue weighted by Gasteiger charge is -2.36. The predicted molar refractivity (Wildman–Crippen MR) is 38.2 cm³/mol. The van der Waals surface area contributed by atoms with Crippen molar-refractivity contribution >= 4 is 6.09 Å². The molecular formula is C7H12NO4-. The summed E-state index contributed by atoms with van der Waals surface area (Å²) in [6.07, 6.45) is -1.53. The van der Waals surface area contributed by atoms with Crippen molar-refractivity contribution in [1.29, 1.82) is 0 Å². The second kappa shape index (κ2) is 3.73. The van der Waals surface area contributed by atoms with Crippen molar-refractivity contribution in [2.45, 2.75) is 12.5 Å². The van der Waals surface area contributed by atoms with Crippen molar-refractivity contribution in [3.05, 3.63) is 0 Å². The third-order valence-electron chi connectivity index (χ3n) is 2.21. The van der Waals surface area contributed by atoms with Gasteiger partial charge in [0.25, 0.3) is 0 Å². The molecule has 0 bridgehead atoms. The SMILES string of the molecule is O=C([O-])N1CCC(CO)C(O)C1. The summed E-state index contributed by atoms with van der Waals surface area (Å²) >= 11 is 0. The molecule has 0 aliphatic carbocycles. The van der Waals surface area contributed by atoms with Gasteiger partial charge >= 0.3 is 0 Å². The molecule has 1 heterocycles. The fraction of sp³-hybridized carbons (Fsp3) is 0.857. The van der Waals surface area contributed by atoms with Crippen LogP contribution in [0.4, 0.5) is 4.79 Å². The average Bonchev–Trinajstić information content (AvgIpc) is 2.04. The van der Waals surface area contributed by atoms with E-state index in [-0.39, 0.29) is 19.1 Å². The van der Waals surface area contributed by atoms with E-state index in [0.717, 1.165) is 4.90 Å². The minimum Gasteiger partial charge on any atom is -0.530 e. The zero-order chi connectivity index (χ0) is 9.14.